The second-order valence-electron chi connectivity index (χ2n) is 6.87. The molecule has 1 heterocycles. The Hall–Kier alpha value is -2.37. The van der Waals surface area contributed by atoms with Gasteiger partial charge in [-0.3, -0.25) is 14.5 Å². The molecule has 3 rings (SSSR count). The van der Waals surface area contributed by atoms with Gasteiger partial charge in [0.2, 0.25) is 11.8 Å². The quantitative estimate of drug-likeness (QED) is 0.803. The van der Waals surface area contributed by atoms with Crippen LogP contribution in [0.1, 0.15) is 23.1 Å². The van der Waals surface area contributed by atoms with Crippen LogP contribution in [0.25, 0.3) is 0 Å². The lowest BCUT2D eigenvalue weighted by atomic mass is 10.1. The van der Waals surface area contributed by atoms with Crippen LogP contribution in [0.3, 0.4) is 0 Å². The molecule has 0 aromatic heterocycles. The molecule has 1 saturated heterocycles. The van der Waals surface area contributed by atoms with Crippen molar-refractivity contribution in [2.24, 2.45) is 0 Å². The van der Waals surface area contributed by atoms with Gasteiger partial charge in [0.15, 0.2) is 0 Å². The molecule has 5 nitrogen and oxygen atoms in total. The van der Waals surface area contributed by atoms with E-state index in [0.717, 1.165) is 17.7 Å². The number of rotatable bonds is 6. The van der Waals surface area contributed by atoms with E-state index >= 15 is 0 Å². The number of hydrogen-bond donors (Lipinski definition) is 2. The lowest BCUT2D eigenvalue weighted by Gasteiger charge is -2.34. The number of benzene rings is 2. The van der Waals surface area contributed by atoms with Gasteiger partial charge in [-0.15, -0.1) is 0 Å². The van der Waals surface area contributed by atoms with Crippen molar-refractivity contribution >= 4 is 23.4 Å². The van der Waals surface area contributed by atoms with E-state index in [4.69, 9.17) is 11.6 Å². The van der Waals surface area contributed by atoms with Gasteiger partial charge in [0.1, 0.15) is 0 Å². The third kappa shape index (κ3) is 5.55. The maximum atomic E-state index is 12.4. The number of aryl methyl sites for hydroxylation is 1. The zero-order chi connectivity index (χ0) is 19.2. The maximum absolute atomic E-state index is 12.4. The van der Waals surface area contributed by atoms with Crippen LogP contribution >= 0.6 is 11.6 Å². The summed E-state index contributed by atoms with van der Waals surface area (Å²) in [5, 5.41) is 6.38. The van der Waals surface area contributed by atoms with Gasteiger partial charge in [0.05, 0.1) is 12.5 Å². The van der Waals surface area contributed by atoms with Gasteiger partial charge >= 0.3 is 0 Å². The van der Waals surface area contributed by atoms with Gasteiger partial charge < -0.3 is 10.6 Å². The monoisotopic (exact) mass is 385 g/mol. The average Bonchev–Trinajstić information content (AvgIpc) is 2.65. The van der Waals surface area contributed by atoms with E-state index < -0.39 is 6.04 Å². The Kier molecular flexibility index (Phi) is 6.48. The van der Waals surface area contributed by atoms with Gasteiger partial charge in [0.25, 0.3) is 0 Å². The molecule has 1 fully saturated rings. The summed E-state index contributed by atoms with van der Waals surface area (Å²) in [5.74, 6) is -0.239. The molecule has 0 saturated carbocycles. The van der Waals surface area contributed by atoms with Crippen molar-refractivity contribution in [1.82, 2.24) is 15.5 Å². The second kappa shape index (κ2) is 9.02. The van der Waals surface area contributed by atoms with Gasteiger partial charge in [-0.05, 0) is 30.2 Å². The fourth-order valence-corrected chi connectivity index (χ4v) is 3.41. The highest BCUT2D eigenvalue weighted by molar-refractivity contribution is 6.30. The largest absolute Gasteiger partial charge is 0.353 e. The molecule has 1 atom stereocenters. The first kappa shape index (κ1) is 19.4. The van der Waals surface area contributed by atoms with Crippen LogP contribution in [-0.2, 0) is 22.7 Å². The van der Waals surface area contributed by atoms with E-state index in [0.29, 0.717) is 24.7 Å². The first-order valence-electron chi connectivity index (χ1n) is 9.10. The van der Waals surface area contributed by atoms with E-state index in [2.05, 4.69) is 39.8 Å². The highest BCUT2D eigenvalue weighted by Gasteiger charge is 2.31. The van der Waals surface area contributed by atoms with Crippen molar-refractivity contribution in [3.63, 3.8) is 0 Å². The average molecular weight is 386 g/mol. The highest BCUT2D eigenvalue weighted by atomic mass is 35.5. The maximum Gasteiger partial charge on any atom is 0.237 e. The third-order valence-electron chi connectivity index (χ3n) is 4.71. The Balaban J connectivity index is 1.59. The van der Waals surface area contributed by atoms with Crippen molar-refractivity contribution in [3.8, 4) is 0 Å². The molecule has 0 aliphatic carbocycles. The van der Waals surface area contributed by atoms with E-state index in [1.165, 1.54) is 5.56 Å². The second-order valence-corrected chi connectivity index (χ2v) is 7.31. The van der Waals surface area contributed by atoms with Gasteiger partial charge in [-0.1, -0.05) is 53.6 Å². The number of nitrogens with one attached hydrogen (secondary N) is 2. The minimum absolute atomic E-state index is 0.0914. The number of piperazine rings is 1. The summed E-state index contributed by atoms with van der Waals surface area (Å²) in [7, 11) is 0. The van der Waals surface area contributed by atoms with Crippen LogP contribution < -0.4 is 10.6 Å². The van der Waals surface area contributed by atoms with Crippen LogP contribution in [-0.4, -0.2) is 35.8 Å². The van der Waals surface area contributed by atoms with Gasteiger partial charge in [-0.2, -0.15) is 0 Å². The zero-order valence-corrected chi connectivity index (χ0v) is 16.1. The Morgan fingerprint density at radius 3 is 2.74 bits per heavy atom. The Morgan fingerprint density at radius 1 is 1.22 bits per heavy atom. The summed E-state index contributed by atoms with van der Waals surface area (Å²) in [5.41, 5.74) is 3.27. The third-order valence-corrected chi connectivity index (χ3v) is 4.94. The van der Waals surface area contributed by atoms with E-state index in [-0.39, 0.29) is 18.2 Å². The molecule has 2 aromatic rings. The molecule has 2 aromatic carbocycles. The molecule has 2 N–H and O–H groups in total. The molecule has 0 radical (unpaired) electrons. The van der Waals surface area contributed by atoms with Crippen LogP contribution in [0.4, 0.5) is 0 Å². The van der Waals surface area contributed by atoms with E-state index in [1.807, 2.05) is 25.1 Å². The molecular weight excluding hydrogens is 362 g/mol. The molecule has 27 heavy (non-hydrogen) atoms. The summed E-state index contributed by atoms with van der Waals surface area (Å²) >= 11 is 5.97. The minimum atomic E-state index is -0.459. The van der Waals surface area contributed by atoms with Crippen molar-refractivity contribution in [2.45, 2.75) is 32.5 Å². The number of carbonyl (C=O) groups is 2. The van der Waals surface area contributed by atoms with E-state index in [1.54, 1.807) is 6.07 Å². The van der Waals surface area contributed by atoms with Crippen LogP contribution in [0.2, 0.25) is 5.02 Å². The SMILES string of the molecule is Cc1ccc(CN2CCNC(=O)C2CC(=O)NCc2cccc(Cl)c2)cc1. The van der Waals surface area contributed by atoms with E-state index in [9.17, 15) is 9.59 Å². The number of nitrogens with zero attached hydrogens (tertiary/aromatic N) is 1. The van der Waals surface area contributed by atoms with Gasteiger partial charge in [-0.25, -0.2) is 0 Å². The van der Waals surface area contributed by atoms with Gasteiger partial charge in [0, 0.05) is 31.2 Å². The summed E-state index contributed by atoms with van der Waals surface area (Å²) < 4.78 is 0. The minimum Gasteiger partial charge on any atom is -0.353 e. The predicted octanol–water partition coefficient (Wildman–Crippen LogP) is 2.66. The molecule has 1 unspecified atom stereocenters. The first-order valence-corrected chi connectivity index (χ1v) is 9.47. The molecular formula is C21H24ClN3O2. The van der Waals surface area contributed by atoms with Crippen molar-refractivity contribution in [3.05, 3.63) is 70.2 Å². The molecule has 6 heteroatoms. The molecule has 0 spiro atoms. The Morgan fingerprint density at radius 2 is 2.00 bits per heavy atom. The molecule has 2 amide bonds. The topological polar surface area (TPSA) is 61.4 Å². The van der Waals surface area contributed by atoms with Crippen LogP contribution in [0.15, 0.2) is 48.5 Å². The summed E-state index contributed by atoms with van der Waals surface area (Å²) in [6.45, 7) is 4.42. The number of carbonyl (C=O) groups excluding carboxylic acids is 2. The normalized spacial score (nSPS) is 17.4. The molecule has 0 bridgehead atoms. The zero-order valence-electron chi connectivity index (χ0n) is 15.4. The fourth-order valence-electron chi connectivity index (χ4n) is 3.20. The fraction of sp³-hybridized carbons (Fsp3) is 0.333. The number of hydrogen-bond acceptors (Lipinski definition) is 3. The molecule has 1 aliphatic rings. The number of amides is 2. The van der Waals surface area contributed by atoms with Crippen molar-refractivity contribution < 1.29 is 9.59 Å². The van der Waals surface area contributed by atoms with Crippen LogP contribution in [0, 0.1) is 6.92 Å². The predicted molar refractivity (Wildman–Crippen MR) is 106 cm³/mol. The Labute approximate surface area is 164 Å². The summed E-state index contributed by atoms with van der Waals surface area (Å²) in [6, 6.07) is 15.2. The summed E-state index contributed by atoms with van der Waals surface area (Å²) in [4.78, 5) is 26.8. The number of halogens is 1. The summed E-state index contributed by atoms with van der Waals surface area (Å²) in [6.07, 6.45) is 0.137. The molecule has 142 valence electrons. The smallest absolute Gasteiger partial charge is 0.237 e. The highest BCUT2D eigenvalue weighted by Crippen LogP contribution is 2.15. The Bertz CT molecular complexity index is 807. The lowest BCUT2D eigenvalue weighted by molar-refractivity contribution is -0.134. The lowest BCUT2D eigenvalue weighted by Crippen LogP contribution is -2.56. The van der Waals surface area contributed by atoms with Crippen molar-refractivity contribution in [1.29, 1.82) is 0 Å². The molecule has 1 aliphatic heterocycles. The standard InChI is InChI=1S/C21H24ClN3O2/c1-15-5-7-16(8-6-15)14-25-10-9-23-21(27)19(25)12-20(26)24-13-17-3-2-4-18(22)11-17/h2-8,11,19H,9-10,12-14H2,1H3,(H,23,27)(H,24,26). The first-order chi connectivity index (χ1) is 13.0. The van der Waals surface area contributed by atoms with Crippen LogP contribution in [0.5, 0.6) is 0 Å². The van der Waals surface area contributed by atoms with Crippen molar-refractivity contribution in [2.75, 3.05) is 13.1 Å².